The van der Waals surface area contributed by atoms with Gasteiger partial charge in [0.2, 0.25) is 0 Å². The summed E-state index contributed by atoms with van der Waals surface area (Å²) in [5.41, 5.74) is 2.29. The first-order chi connectivity index (χ1) is 14.7. The normalized spacial score (nSPS) is 11.9. The fraction of sp³-hybridized carbons (Fsp3) is 0.125. The second-order valence-electron chi connectivity index (χ2n) is 6.57. The fourth-order valence-corrected chi connectivity index (χ4v) is 4.27. The highest BCUT2D eigenvalue weighted by Gasteiger charge is 2.25. The largest absolute Gasteiger partial charge is 0.465 e. The zero-order chi connectivity index (χ0) is 20.9. The molecule has 0 radical (unpaired) electrons. The van der Waals surface area contributed by atoms with Crippen LogP contribution in [0.1, 0.15) is 17.7 Å². The third kappa shape index (κ3) is 4.19. The summed E-state index contributed by atoms with van der Waals surface area (Å²) < 4.78 is 18.6. The van der Waals surface area contributed by atoms with Gasteiger partial charge in [0.25, 0.3) is 0 Å². The Morgan fingerprint density at radius 2 is 1.60 bits per heavy atom. The number of hydrogen-bond donors (Lipinski definition) is 0. The first-order valence-electron chi connectivity index (χ1n) is 9.57. The van der Waals surface area contributed by atoms with Crippen molar-refractivity contribution in [2.75, 3.05) is 6.61 Å². The number of benzene rings is 3. The molecule has 150 valence electrons. The van der Waals surface area contributed by atoms with Crippen molar-refractivity contribution in [3.05, 3.63) is 90.2 Å². The Balaban J connectivity index is 1.78. The molecule has 0 amide bonds. The van der Waals surface area contributed by atoms with Gasteiger partial charge in [0, 0.05) is 16.3 Å². The van der Waals surface area contributed by atoms with Gasteiger partial charge >= 0.3 is 5.97 Å². The number of fused-ring (bicyclic) bond motifs is 1. The molecular weight excluding hydrogens is 399 g/mol. The molecule has 1 atom stereocenters. The van der Waals surface area contributed by atoms with Gasteiger partial charge in [0.1, 0.15) is 21.8 Å². The van der Waals surface area contributed by atoms with Crippen LogP contribution in [0.3, 0.4) is 0 Å². The van der Waals surface area contributed by atoms with Crippen molar-refractivity contribution in [2.45, 2.75) is 17.2 Å². The minimum Gasteiger partial charge on any atom is -0.465 e. The molecule has 30 heavy (non-hydrogen) atoms. The van der Waals surface area contributed by atoms with Crippen LogP contribution in [0.5, 0.6) is 0 Å². The van der Waals surface area contributed by atoms with E-state index >= 15 is 0 Å². The first-order valence-corrected chi connectivity index (χ1v) is 10.4. The van der Waals surface area contributed by atoms with Gasteiger partial charge in [0.15, 0.2) is 0 Å². The Labute approximate surface area is 178 Å². The van der Waals surface area contributed by atoms with Crippen LogP contribution in [0.15, 0.2) is 83.9 Å². The van der Waals surface area contributed by atoms with E-state index in [4.69, 9.17) is 4.74 Å². The van der Waals surface area contributed by atoms with E-state index in [0.717, 1.165) is 21.9 Å². The predicted octanol–water partition coefficient (Wildman–Crippen LogP) is 5.83. The predicted molar refractivity (Wildman–Crippen MR) is 117 cm³/mol. The average Bonchev–Trinajstić information content (AvgIpc) is 2.79. The van der Waals surface area contributed by atoms with E-state index in [9.17, 15) is 9.18 Å². The first kappa shape index (κ1) is 20.0. The van der Waals surface area contributed by atoms with Crippen LogP contribution < -0.4 is 0 Å². The van der Waals surface area contributed by atoms with Crippen LogP contribution in [0.2, 0.25) is 0 Å². The van der Waals surface area contributed by atoms with Crippen LogP contribution in [0, 0.1) is 5.82 Å². The lowest BCUT2D eigenvalue weighted by molar-refractivity contribution is -0.142. The number of hydrogen-bond acceptors (Lipinski definition) is 5. The third-order valence-electron chi connectivity index (χ3n) is 4.60. The summed E-state index contributed by atoms with van der Waals surface area (Å²) in [6, 6.07) is 23.4. The summed E-state index contributed by atoms with van der Waals surface area (Å²) in [4.78, 5) is 12.7. The molecule has 0 aliphatic rings. The summed E-state index contributed by atoms with van der Waals surface area (Å²) in [5.74, 6) is -0.620. The summed E-state index contributed by atoms with van der Waals surface area (Å²) >= 11 is 1.32. The highest BCUT2D eigenvalue weighted by Crippen LogP contribution is 2.39. The highest BCUT2D eigenvalue weighted by molar-refractivity contribution is 8.00. The number of thioether (sulfide) groups is 1. The third-order valence-corrected chi connectivity index (χ3v) is 5.83. The molecule has 0 saturated carbocycles. The van der Waals surface area contributed by atoms with E-state index in [1.165, 1.54) is 23.9 Å². The topological polar surface area (TPSA) is 52.1 Å². The van der Waals surface area contributed by atoms with Crippen LogP contribution in [-0.2, 0) is 9.53 Å². The molecule has 0 aliphatic heterocycles. The minimum absolute atomic E-state index is 0.302. The van der Waals surface area contributed by atoms with Gasteiger partial charge in [-0.1, -0.05) is 66.4 Å². The van der Waals surface area contributed by atoms with E-state index in [0.29, 0.717) is 17.3 Å². The van der Waals surface area contributed by atoms with E-state index in [-0.39, 0.29) is 11.8 Å². The molecule has 0 fully saturated rings. The van der Waals surface area contributed by atoms with Gasteiger partial charge in [-0.25, -0.2) is 4.39 Å². The van der Waals surface area contributed by atoms with Crippen molar-refractivity contribution in [2.24, 2.45) is 0 Å². The number of nitrogens with zero attached hydrogens (tertiary/aromatic N) is 2. The van der Waals surface area contributed by atoms with Gasteiger partial charge in [-0.15, -0.1) is 10.2 Å². The van der Waals surface area contributed by atoms with Crippen molar-refractivity contribution in [3.8, 4) is 11.3 Å². The van der Waals surface area contributed by atoms with Crippen molar-refractivity contribution in [1.82, 2.24) is 10.2 Å². The number of ether oxygens (including phenoxy) is 1. The second kappa shape index (κ2) is 9.05. The van der Waals surface area contributed by atoms with Crippen molar-refractivity contribution in [1.29, 1.82) is 0 Å². The van der Waals surface area contributed by atoms with Gasteiger partial charge in [0.05, 0.1) is 6.61 Å². The average molecular weight is 418 g/mol. The van der Waals surface area contributed by atoms with E-state index < -0.39 is 5.25 Å². The molecule has 4 aromatic rings. The van der Waals surface area contributed by atoms with Crippen molar-refractivity contribution >= 4 is 28.5 Å². The van der Waals surface area contributed by atoms with Gasteiger partial charge in [-0.05, 0) is 36.8 Å². The van der Waals surface area contributed by atoms with Crippen molar-refractivity contribution < 1.29 is 13.9 Å². The number of carbonyl (C=O) groups excluding carboxylic acids is 1. The molecule has 0 unspecified atom stereocenters. The smallest absolute Gasteiger partial charge is 0.324 e. The zero-order valence-corrected chi connectivity index (χ0v) is 17.1. The molecule has 1 aromatic heterocycles. The number of aromatic nitrogens is 2. The number of carbonyl (C=O) groups is 1. The van der Waals surface area contributed by atoms with Crippen LogP contribution >= 0.6 is 11.8 Å². The minimum atomic E-state index is -0.555. The van der Waals surface area contributed by atoms with E-state index in [1.54, 1.807) is 19.1 Å². The molecule has 0 aliphatic carbocycles. The molecule has 0 bridgehead atoms. The summed E-state index contributed by atoms with van der Waals surface area (Å²) in [6.45, 7) is 2.09. The van der Waals surface area contributed by atoms with E-state index in [2.05, 4.69) is 10.2 Å². The Kier molecular flexibility index (Phi) is 6.05. The molecule has 0 spiro atoms. The number of halogens is 1. The van der Waals surface area contributed by atoms with E-state index in [1.807, 2.05) is 54.6 Å². The summed E-state index contributed by atoms with van der Waals surface area (Å²) in [7, 11) is 0. The lowest BCUT2D eigenvalue weighted by Gasteiger charge is -2.16. The lowest BCUT2D eigenvalue weighted by atomic mass is 10.1. The Morgan fingerprint density at radius 1 is 0.933 bits per heavy atom. The standard InChI is InChI=1S/C24H19FN2O2S/c1-2-29-24(28)22(17-8-4-3-5-9-17)30-23-20-11-7-6-10-19(20)21(26-27-23)16-12-14-18(25)15-13-16/h3-15,22H,2H2,1H3/t22-/m0/s1. The maximum Gasteiger partial charge on any atom is 0.324 e. The number of rotatable bonds is 6. The SMILES string of the molecule is CCOC(=O)[C@@H](Sc1nnc(-c2ccc(F)cc2)c2ccccc12)c1ccccc1. The molecule has 0 N–H and O–H groups in total. The van der Waals surface area contributed by atoms with Crippen LogP contribution in [0.4, 0.5) is 4.39 Å². The van der Waals surface area contributed by atoms with Crippen molar-refractivity contribution in [3.63, 3.8) is 0 Å². The monoisotopic (exact) mass is 418 g/mol. The Bertz CT molecular complexity index is 1170. The van der Waals surface area contributed by atoms with Gasteiger partial charge < -0.3 is 4.74 Å². The molecule has 1 heterocycles. The quantitative estimate of drug-likeness (QED) is 0.291. The molecule has 6 heteroatoms. The second-order valence-corrected chi connectivity index (χ2v) is 7.66. The fourth-order valence-electron chi connectivity index (χ4n) is 3.20. The maximum absolute atomic E-state index is 13.3. The molecule has 4 rings (SSSR count). The molecule has 3 aromatic carbocycles. The molecular formula is C24H19FN2O2S. The van der Waals surface area contributed by atoms with Gasteiger partial charge in [-0.3, -0.25) is 4.79 Å². The van der Waals surface area contributed by atoms with Gasteiger partial charge in [-0.2, -0.15) is 0 Å². The highest BCUT2D eigenvalue weighted by atomic mass is 32.2. The molecule has 0 saturated heterocycles. The zero-order valence-electron chi connectivity index (χ0n) is 16.3. The molecule has 4 nitrogen and oxygen atoms in total. The Hall–Kier alpha value is -3.25. The summed E-state index contributed by atoms with van der Waals surface area (Å²) in [5, 5.41) is 10.7. The Morgan fingerprint density at radius 3 is 2.30 bits per heavy atom. The summed E-state index contributed by atoms with van der Waals surface area (Å²) in [6.07, 6.45) is 0. The maximum atomic E-state index is 13.3. The van der Waals surface area contributed by atoms with Crippen LogP contribution in [-0.4, -0.2) is 22.8 Å². The lowest BCUT2D eigenvalue weighted by Crippen LogP contribution is -2.13. The number of esters is 1. The van der Waals surface area contributed by atoms with Crippen LogP contribution in [0.25, 0.3) is 22.0 Å².